The van der Waals surface area contributed by atoms with E-state index in [2.05, 4.69) is 0 Å². The van der Waals surface area contributed by atoms with Gasteiger partial charge >= 0.3 is 35.8 Å². The maximum atomic E-state index is 13.7. The van der Waals surface area contributed by atoms with E-state index < -0.39 is 59.9 Å². The minimum atomic E-state index is -0.820. The average Bonchev–Trinajstić information content (AvgIpc) is 4.29. The molecule has 21 heteroatoms. The Hall–Kier alpha value is -8.55. The molecule has 0 aromatic heterocycles. The molecule has 0 radical (unpaired) electrons. The molecule has 77 heavy (non-hydrogen) atoms. The van der Waals surface area contributed by atoms with Gasteiger partial charge in [0.2, 0.25) is 6.29 Å². The number of benzene rings is 3. The lowest BCUT2D eigenvalue weighted by Crippen LogP contribution is -2.38. The van der Waals surface area contributed by atoms with Gasteiger partial charge in [0.1, 0.15) is 86.8 Å². The molecule has 3 aromatic rings. The smallest absolute Gasteiger partial charge is 0.351 e. The fourth-order valence-corrected chi connectivity index (χ4v) is 7.98. The molecular weight excluding hydrogens is 997 g/mol. The Bertz CT molecular complexity index is 2700. The highest BCUT2D eigenvalue weighted by Gasteiger charge is 2.41. The summed E-state index contributed by atoms with van der Waals surface area (Å²) >= 11 is 0. The molecule has 1 saturated carbocycles. The maximum absolute atomic E-state index is 13.7. The van der Waals surface area contributed by atoms with Gasteiger partial charge in [0.15, 0.2) is 0 Å². The van der Waals surface area contributed by atoms with Crippen molar-refractivity contribution in [1.29, 1.82) is 15.8 Å². The van der Waals surface area contributed by atoms with Gasteiger partial charge in [-0.25, -0.2) is 14.4 Å². The van der Waals surface area contributed by atoms with Crippen molar-refractivity contribution in [3.63, 3.8) is 0 Å². The number of nitriles is 3. The Balaban J connectivity index is 0.923. The first-order valence-electron chi connectivity index (χ1n) is 24.9. The van der Waals surface area contributed by atoms with Crippen LogP contribution in [0.1, 0.15) is 36.0 Å². The number of carbonyl (C=O) groups excluding carboxylic acids is 6. The quantitative estimate of drug-likeness (QED) is 0.0350. The molecule has 0 amide bonds. The van der Waals surface area contributed by atoms with Crippen molar-refractivity contribution in [3.8, 4) is 18.2 Å². The summed E-state index contributed by atoms with van der Waals surface area (Å²) in [6, 6.07) is 26.7. The number of epoxide rings is 3. The number of esters is 6. The number of carbonyl (C=O) groups is 6. The van der Waals surface area contributed by atoms with Crippen LogP contribution in [0.25, 0.3) is 18.2 Å². The fraction of sp³-hybridized carbons (Fsp3) is 0.411. The Morgan fingerprint density at radius 2 is 0.779 bits per heavy atom. The van der Waals surface area contributed by atoms with E-state index in [1.165, 1.54) is 18.2 Å². The standard InChI is InChI=1S/C56H58N6O15/c1-60(45-10-4-36(5-11-45)22-42(28-57)54(66)75-33-48-31-72-48)16-19-69-51(63)39-25-40(52(64)70-20-17-61(2)46-12-6-37(7-13-46)23-43(29-58)55(67)76-34-49-32-73-49)27-41(26-39)53(65)71-21-18-62(3)47-14-8-38(9-15-47)24-44(30-59)56(68)77-50-35-74-50/h4-15,22-24,39-41,48-50H,16-21,25-27,31-35H2,1-3H3/b42-22+,43-23+,44-24+. The molecule has 5 unspecified atom stereocenters. The SMILES string of the molecule is CN(CCOC(=O)C1CC(C(=O)OCCN(C)c2ccc(/C=C(\C#N)C(=O)OCC3CO3)cc2)CC(C(=O)OCCN(C)c2ccc(/C=C(\C#N)C(=O)OC3CO3)cc2)C1)c1ccc(/C=C(\C#N)C(=O)OCC2CO2)cc1. The lowest BCUT2D eigenvalue weighted by Gasteiger charge is -2.32. The van der Waals surface area contributed by atoms with Crippen LogP contribution in [0.15, 0.2) is 89.5 Å². The van der Waals surface area contributed by atoms with E-state index in [1.807, 2.05) is 32.9 Å². The second-order valence-electron chi connectivity index (χ2n) is 18.6. The van der Waals surface area contributed by atoms with Gasteiger partial charge < -0.3 is 57.3 Å². The number of hydrogen-bond donors (Lipinski definition) is 0. The molecule has 0 N–H and O–H groups in total. The molecule has 7 rings (SSSR count). The summed E-state index contributed by atoms with van der Waals surface area (Å²) in [4.78, 5) is 83.6. The minimum absolute atomic E-state index is 0.00976. The van der Waals surface area contributed by atoms with Crippen molar-refractivity contribution in [2.75, 3.05) is 108 Å². The molecule has 3 aliphatic heterocycles. The fourth-order valence-electron chi connectivity index (χ4n) is 7.98. The number of rotatable bonds is 26. The van der Waals surface area contributed by atoms with E-state index in [-0.39, 0.29) is 81.2 Å². The lowest BCUT2D eigenvalue weighted by molar-refractivity contribution is -0.160. The molecule has 3 saturated heterocycles. The Morgan fingerprint density at radius 1 is 0.481 bits per heavy atom. The lowest BCUT2D eigenvalue weighted by atomic mass is 9.75. The van der Waals surface area contributed by atoms with Crippen LogP contribution in [0.3, 0.4) is 0 Å². The van der Waals surface area contributed by atoms with Gasteiger partial charge in [-0.05, 0) is 90.6 Å². The van der Waals surface area contributed by atoms with Crippen LogP contribution in [-0.4, -0.2) is 148 Å². The van der Waals surface area contributed by atoms with Gasteiger partial charge in [-0.15, -0.1) is 0 Å². The third-order valence-corrected chi connectivity index (χ3v) is 12.8. The van der Waals surface area contributed by atoms with Crippen LogP contribution >= 0.6 is 0 Å². The van der Waals surface area contributed by atoms with Crippen molar-refractivity contribution < 1.29 is 71.4 Å². The van der Waals surface area contributed by atoms with Crippen molar-refractivity contribution in [3.05, 3.63) is 106 Å². The normalized spacial score (nSPS) is 20.3. The number of hydrogen-bond acceptors (Lipinski definition) is 21. The van der Waals surface area contributed by atoms with E-state index in [4.69, 9.17) is 42.6 Å². The molecule has 0 spiro atoms. The Labute approximate surface area is 445 Å². The van der Waals surface area contributed by atoms with Gasteiger partial charge in [-0.2, -0.15) is 15.8 Å². The summed E-state index contributed by atoms with van der Waals surface area (Å²) < 4.78 is 47.5. The van der Waals surface area contributed by atoms with Crippen LogP contribution in [-0.2, 0) is 71.4 Å². The molecular formula is C56H58N6O15. The highest BCUT2D eigenvalue weighted by atomic mass is 16.8. The van der Waals surface area contributed by atoms with E-state index in [1.54, 1.807) is 93.9 Å². The summed E-state index contributed by atoms with van der Waals surface area (Å²) in [6.45, 7) is 2.35. The van der Waals surface area contributed by atoms with Crippen LogP contribution in [0.5, 0.6) is 0 Å². The second-order valence-corrected chi connectivity index (χ2v) is 18.6. The first-order valence-corrected chi connectivity index (χ1v) is 24.9. The van der Waals surface area contributed by atoms with Crippen molar-refractivity contribution in [1.82, 2.24) is 0 Å². The van der Waals surface area contributed by atoms with Crippen LogP contribution < -0.4 is 14.7 Å². The van der Waals surface area contributed by atoms with E-state index in [0.717, 1.165) is 17.1 Å². The summed E-state index contributed by atoms with van der Waals surface area (Å²) in [5, 5.41) is 28.5. The highest BCUT2D eigenvalue weighted by molar-refractivity contribution is 5.99. The highest BCUT2D eigenvalue weighted by Crippen LogP contribution is 2.36. The van der Waals surface area contributed by atoms with Crippen molar-refractivity contribution in [2.45, 2.75) is 37.8 Å². The number of ether oxygens (including phenoxy) is 9. The molecule has 1 aliphatic carbocycles. The van der Waals surface area contributed by atoms with Crippen molar-refractivity contribution >= 4 is 71.1 Å². The number of likely N-dealkylation sites (N-methyl/N-ethyl adjacent to an activating group) is 3. The summed E-state index contributed by atoms with van der Waals surface area (Å²) in [6.07, 6.45) is 3.68. The largest absolute Gasteiger partial charge is 0.464 e. The Kier molecular flexibility index (Phi) is 19.9. The molecule has 4 aliphatic rings. The maximum Gasteiger partial charge on any atom is 0.351 e. The monoisotopic (exact) mass is 1050 g/mol. The van der Waals surface area contributed by atoms with E-state index in [9.17, 15) is 44.6 Å². The zero-order chi connectivity index (χ0) is 54.8. The Morgan fingerprint density at radius 3 is 1.05 bits per heavy atom. The van der Waals surface area contributed by atoms with Gasteiger partial charge in [-0.1, -0.05) is 36.4 Å². The molecule has 4 fully saturated rings. The van der Waals surface area contributed by atoms with Gasteiger partial charge in [-0.3, -0.25) is 14.4 Å². The third kappa shape index (κ3) is 17.5. The third-order valence-electron chi connectivity index (χ3n) is 12.8. The van der Waals surface area contributed by atoms with Gasteiger partial charge in [0.05, 0.1) is 50.6 Å². The number of nitrogens with zero attached hydrogens (tertiary/aromatic N) is 6. The van der Waals surface area contributed by atoms with Crippen LogP contribution in [0.2, 0.25) is 0 Å². The molecule has 0 bridgehead atoms. The zero-order valence-corrected chi connectivity index (χ0v) is 42.8. The van der Waals surface area contributed by atoms with Gasteiger partial charge in [0, 0.05) is 38.2 Å². The first kappa shape index (κ1) is 56.2. The second kappa shape index (κ2) is 27.3. The van der Waals surface area contributed by atoms with Crippen LogP contribution in [0, 0.1) is 51.7 Å². The first-order chi connectivity index (χ1) is 37.2. The zero-order valence-electron chi connectivity index (χ0n) is 42.8. The molecule has 3 aromatic carbocycles. The molecule has 3 heterocycles. The topological polar surface area (TPSA) is 276 Å². The molecule has 5 atom stereocenters. The number of anilines is 3. The van der Waals surface area contributed by atoms with Gasteiger partial charge in [0.25, 0.3) is 0 Å². The van der Waals surface area contributed by atoms with E-state index in [0.29, 0.717) is 56.1 Å². The molecule has 21 nitrogen and oxygen atoms in total. The van der Waals surface area contributed by atoms with Crippen LogP contribution in [0.4, 0.5) is 17.1 Å². The summed E-state index contributed by atoms with van der Waals surface area (Å²) in [7, 11) is 5.42. The predicted molar refractivity (Wildman–Crippen MR) is 274 cm³/mol. The molecule has 402 valence electrons. The van der Waals surface area contributed by atoms with E-state index >= 15 is 0 Å². The minimum Gasteiger partial charge on any atom is -0.464 e. The summed E-state index contributed by atoms with van der Waals surface area (Å²) in [5.74, 6) is -6.42. The predicted octanol–water partition coefficient (Wildman–Crippen LogP) is 4.56. The summed E-state index contributed by atoms with van der Waals surface area (Å²) in [5.41, 5.74) is 3.64. The average molecular weight is 1060 g/mol. The van der Waals surface area contributed by atoms with Crippen molar-refractivity contribution in [2.24, 2.45) is 17.8 Å².